The highest BCUT2D eigenvalue weighted by Crippen LogP contribution is 2.46. The number of ether oxygens (including phenoxy) is 1. The number of methoxy groups -OCH3 is 1. The highest BCUT2D eigenvalue weighted by atomic mass is 19.1. The van der Waals surface area contributed by atoms with Gasteiger partial charge in [-0.25, -0.2) is 4.39 Å². The number of amidine groups is 1. The molecule has 0 bridgehead atoms. The van der Waals surface area contributed by atoms with Gasteiger partial charge in [-0.15, -0.1) is 0 Å². The molecule has 7 heteroatoms. The molecule has 1 aliphatic rings. The smallest absolute Gasteiger partial charge is 0.238 e. The van der Waals surface area contributed by atoms with Crippen LogP contribution in [0.2, 0.25) is 0 Å². The van der Waals surface area contributed by atoms with Crippen molar-refractivity contribution in [3.63, 3.8) is 0 Å². The summed E-state index contributed by atoms with van der Waals surface area (Å²) in [6.45, 7) is 1.98. The fourth-order valence-corrected chi connectivity index (χ4v) is 2.75. The molecule has 1 saturated carbocycles. The van der Waals surface area contributed by atoms with Crippen LogP contribution in [0.1, 0.15) is 19.8 Å². The molecule has 6 nitrogen and oxygen atoms in total. The number of hydrogen-bond donors (Lipinski definition) is 3. The SMILES string of the molecule is COc1cc(F)ccc1NC(=O)C1(/C(N)=N/O)CC(C)C1. The first-order valence-corrected chi connectivity index (χ1v) is 6.56. The number of benzene rings is 1. The van der Waals surface area contributed by atoms with Crippen LogP contribution in [0.3, 0.4) is 0 Å². The Labute approximate surface area is 121 Å². The zero-order valence-electron chi connectivity index (χ0n) is 11.9. The molecule has 114 valence electrons. The van der Waals surface area contributed by atoms with Crippen molar-refractivity contribution in [1.29, 1.82) is 0 Å². The van der Waals surface area contributed by atoms with Gasteiger partial charge in [0.05, 0.1) is 12.8 Å². The Morgan fingerprint density at radius 3 is 2.76 bits per heavy atom. The lowest BCUT2D eigenvalue weighted by atomic mass is 9.61. The molecule has 0 aliphatic heterocycles. The minimum absolute atomic E-state index is 0.112. The van der Waals surface area contributed by atoms with Crippen LogP contribution in [0, 0.1) is 17.2 Å². The van der Waals surface area contributed by atoms with Gasteiger partial charge in [-0.2, -0.15) is 0 Å². The summed E-state index contributed by atoms with van der Waals surface area (Å²) in [5.74, 6) is -0.440. The van der Waals surface area contributed by atoms with Crippen LogP contribution in [0.25, 0.3) is 0 Å². The van der Waals surface area contributed by atoms with E-state index in [4.69, 9.17) is 15.7 Å². The van der Waals surface area contributed by atoms with Crippen molar-refractivity contribution in [3.05, 3.63) is 24.0 Å². The van der Waals surface area contributed by atoms with E-state index in [-0.39, 0.29) is 17.5 Å². The van der Waals surface area contributed by atoms with E-state index in [2.05, 4.69) is 10.5 Å². The van der Waals surface area contributed by atoms with E-state index in [0.29, 0.717) is 24.4 Å². The normalized spacial score (nSPS) is 25.1. The minimum Gasteiger partial charge on any atom is -0.494 e. The molecule has 4 N–H and O–H groups in total. The van der Waals surface area contributed by atoms with E-state index in [0.717, 1.165) is 0 Å². The van der Waals surface area contributed by atoms with E-state index in [1.807, 2.05) is 6.92 Å². The molecule has 21 heavy (non-hydrogen) atoms. The van der Waals surface area contributed by atoms with Gasteiger partial charge in [-0.05, 0) is 30.9 Å². The Morgan fingerprint density at radius 1 is 1.57 bits per heavy atom. The van der Waals surface area contributed by atoms with Crippen molar-refractivity contribution >= 4 is 17.4 Å². The summed E-state index contributed by atoms with van der Waals surface area (Å²) in [6, 6.07) is 3.81. The van der Waals surface area contributed by atoms with Gasteiger partial charge in [0.25, 0.3) is 0 Å². The van der Waals surface area contributed by atoms with Gasteiger partial charge in [0.15, 0.2) is 5.84 Å². The average Bonchev–Trinajstić information content (AvgIpc) is 2.44. The second-order valence-corrected chi connectivity index (χ2v) is 5.38. The van der Waals surface area contributed by atoms with Gasteiger partial charge < -0.3 is 21.0 Å². The fourth-order valence-electron chi connectivity index (χ4n) is 2.75. The molecule has 0 aromatic heterocycles. The predicted octanol–water partition coefficient (Wildman–Crippen LogP) is 1.94. The van der Waals surface area contributed by atoms with E-state index in [9.17, 15) is 9.18 Å². The van der Waals surface area contributed by atoms with E-state index >= 15 is 0 Å². The zero-order chi connectivity index (χ0) is 15.6. The third-order valence-electron chi connectivity index (χ3n) is 3.84. The Balaban J connectivity index is 2.25. The maximum absolute atomic E-state index is 13.2. The van der Waals surface area contributed by atoms with Crippen LogP contribution >= 0.6 is 0 Å². The lowest BCUT2D eigenvalue weighted by Gasteiger charge is -2.43. The largest absolute Gasteiger partial charge is 0.494 e. The van der Waals surface area contributed by atoms with Gasteiger partial charge >= 0.3 is 0 Å². The Morgan fingerprint density at radius 2 is 2.24 bits per heavy atom. The summed E-state index contributed by atoms with van der Waals surface area (Å²) >= 11 is 0. The van der Waals surface area contributed by atoms with Gasteiger partial charge in [0.1, 0.15) is 17.0 Å². The monoisotopic (exact) mass is 295 g/mol. The van der Waals surface area contributed by atoms with Crippen molar-refractivity contribution < 1.29 is 19.1 Å². The lowest BCUT2D eigenvalue weighted by Crippen LogP contribution is -2.54. The van der Waals surface area contributed by atoms with Gasteiger partial charge in [0.2, 0.25) is 5.91 Å². The molecule has 0 saturated heterocycles. The van der Waals surface area contributed by atoms with Crippen LogP contribution in [0.5, 0.6) is 5.75 Å². The molecule has 0 unspecified atom stereocenters. The number of nitrogens with one attached hydrogen (secondary N) is 1. The Bertz CT molecular complexity index is 583. The van der Waals surface area contributed by atoms with Gasteiger partial charge in [-0.3, -0.25) is 4.79 Å². The second kappa shape index (κ2) is 5.59. The molecule has 0 spiro atoms. The average molecular weight is 295 g/mol. The molecular weight excluding hydrogens is 277 g/mol. The molecule has 1 fully saturated rings. The number of hydrogen-bond acceptors (Lipinski definition) is 4. The summed E-state index contributed by atoms with van der Waals surface area (Å²) in [7, 11) is 1.38. The quantitative estimate of drug-likeness (QED) is 0.342. The number of amides is 1. The summed E-state index contributed by atoms with van der Waals surface area (Å²) in [5, 5.41) is 14.5. The number of oxime groups is 1. The molecule has 1 amide bonds. The number of nitrogens with two attached hydrogens (primary N) is 1. The number of carbonyl (C=O) groups is 1. The molecule has 0 atom stereocenters. The fraction of sp³-hybridized carbons (Fsp3) is 0.429. The number of carbonyl (C=O) groups excluding carboxylic acids is 1. The number of nitrogens with zero attached hydrogens (tertiary/aromatic N) is 1. The van der Waals surface area contributed by atoms with Gasteiger partial charge in [0, 0.05) is 6.07 Å². The van der Waals surface area contributed by atoms with Crippen molar-refractivity contribution in [2.45, 2.75) is 19.8 Å². The highest BCUT2D eigenvalue weighted by molar-refractivity contribution is 6.13. The zero-order valence-corrected chi connectivity index (χ0v) is 11.9. The van der Waals surface area contributed by atoms with Crippen LogP contribution < -0.4 is 15.8 Å². The molecular formula is C14H18FN3O3. The lowest BCUT2D eigenvalue weighted by molar-refractivity contribution is -0.127. The first kappa shape index (κ1) is 15.1. The summed E-state index contributed by atoms with van der Waals surface area (Å²) in [6.07, 6.45) is 0.997. The Hall–Kier alpha value is -2.31. The standard InChI is InChI=1S/C14H18FN3O3/c1-8-6-14(7-8,12(16)18-20)13(19)17-10-4-3-9(15)5-11(10)21-2/h3-5,8,20H,6-7H2,1-2H3,(H2,16,18)(H,17,19). The van der Waals surface area contributed by atoms with E-state index in [1.54, 1.807) is 0 Å². The first-order valence-electron chi connectivity index (χ1n) is 6.56. The number of halogens is 1. The summed E-state index contributed by atoms with van der Waals surface area (Å²) in [5.41, 5.74) is 4.99. The van der Waals surface area contributed by atoms with E-state index < -0.39 is 11.2 Å². The van der Waals surface area contributed by atoms with E-state index in [1.165, 1.54) is 25.3 Å². The van der Waals surface area contributed by atoms with Gasteiger partial charge in [-0.1, -0.05) is 12.1 Å². The van der Waals surface area contributed by atoms with Crippen LogP contribution in [0.4, 0.5) is 10.1 Å². The molecule has 1 aromatic carbocycles. The Kier molecular flexibility index (Phi) is 4.02. The molecule has 0 radical (unpaired) electrons. The second-order valence-electron chi connectivity index (χ2n) is 5.38. The topological polar surface area (TPSA) is 96.9 Å². The van der Waals surface area contributed by atoms with Crippen molar-refractivity contribution in [2.75, 3.05) is 12.4 Å². The van der Waals surface area contributed by atoms with Crippen molar-refractivity contribution in [3.8, 4) is 5.75 Å². The third kappa shape index (κ3) is 2.63. The molecule has 1 aliphatic carbocycles. The van der Waals surface area contributed by atoms with Crippen molar-refractivity contribution in [2.24, 2.45) is 22.2 Å². The molecule has 0 heterocycles. The van der Waals surface area contributed by atoms with Crippen LogP contribution in [-0.4, -0.2) is 24.1 Å². The maximum atomic E-state index is 13.2. The molecule has 2 rings (SSSR count). The molecule has 1 aromatic rings. The maximum Gasteiger partial charge on any atom is 0.238 e. The number of rotatable bonds is 4. The first-order chi connectivity index (χ1) is 9.92. The number of anilines is 1. The van der Waals surface area contributed by atoms with Crippen molar-refractivity contribution in [1.82, 2.24) is 0 Å². The van der Waals surface area contributed by atoms with Crippen LogP contribution in [-0.2, 0) is 4.79 Å². The summed E-state index contributed by atoms with van der Waals surface area (Å²) in [4.78, 5) is 12.5. The summed E-state index contributed by atoms with van der Waals surface area (Å²) < 4.78 is 18.2. The minimum atomic E-state index is -1.02. The predicted molar refractivity (Wildman–Crippen MR) is 75.8 cm³/mol. The van der Waals surface area contributed by atoms with Crippen LogP contribution in [0.15, 0.2) is 23.4 Å². The third-order valence-corrected chi connectivity index (χ3v) is 3.84. The highest BCUT2D eigenvalue weighted by Gasteiger charge is 2.52.